The van der Waals surface area contributed by atoms with Gasteiger partial charge in [0.25, 0.3) is 0 Å². The number of esters is 1. The monoisotopic (exact) mass is 386 g/mol. The van der Waals surface area contributed by atoms with Crippen LogP contribution in [0.4, 0.5) is 0 Å². The van der Waals surface area contributed by atoms with E-state index in [1.54, 1.807) is 0 Å². The summed E-state index contributed by atoms with van der Waals surface area (Å²) in [5.41, 5.74) is 2.41. The number of carbonyl (C=O) groups is 1. The van der Waals surface area contributed by atoms with Crippen LogP contribution in [-0.2, 0) is 9.53 Å². The van der Waals surface area contributed by atoms with Gasteiger partial charge >= 0.3 is 5.97 Å². The van der Waals surface area contributed by atoms with Crippen LogP contribution in [0, 0.1) is 0 Å². The molecule has 0 radical (unpaired) electrons. The first-order valence-electron chi connectivity index (χ1n) is 7.48. The summed E-state index contributed by atoms with van der Waals surface area (Å²) in [6.07, 6.45) is 0. The first kappa shape index (κ1) is 13.9. The molecule has 0 fully saturated rings. The molecule has 3 aliphatic heterocycles. The molecule has 0 spiro atoms. The maximum Gasteiger partial charge on any atom is 0.339 e. The third kappa shape index (κ3) is 1.96. The molecular weight excluding hydrogens is 376 g/mol. The van der Waals surface area contributed by atoms with Crippen molar-refractivity contribution < 1.29 is 23.7 Å². The lowest BCUT2D eigenvalue weighted by Crippen LogP contribution is -2.18. The highest BCUT2D eigenvalue weighted by molar-refractivity contribution is 9.10. The highest BCUT2D eigenvalue weighted by Gasteiger charge is 2.41. The lowest BCUT2D eigenvalue weighted by Gasteiger charge is -2.26. The van der Waals surface area contributed by atoms with Gasteiger partial charge in [-0.1, -0.05) is 28.1 Å². The largest absolute Gasteiger partial charge is 0.457 e. The molecule has 2 aromatic carbocycles. The summed E-state index contributed by atoms with van der Waals surface area (Å²) >= 11 is 3.50. The molecule has 0 aliphatic carbocycles. The Kier molecular flexibility index (Phi) is 2.91. The van der Waals surface area contributed by atoms with E-state index in [1.807, 2.05) is 36.4 Å². The molecule has 0 saturated carbocycles. The number of ether oxygens (including phenoxy) is 4. The molecule has 1 atom stereocenters. The zero-order valence-corrected chi connectivity index (χ0v) is 14.0. The average Bonchev–Trinajstić information content (AvgIpc) is 3.17. The highest BCUT2D eigenvalue weighted by Crippen LogP contribution is 2.50. The predicted octanol–water partition coefficient (Wildman–Crippen LogP) is 3.51. The quantitative estimate of drug-likeness (QED) is 0.701. The van der Waals surface area contributed by atoms with Crippen LogP contribution in [-0.4, -0.2) is 19.4 Å². The molecule has 0 bridgehead atoms. The number of rotatable bonds is 1. The van der Waals surface area contributed by atoms with Crippen molar-refractivity contribution in [3.8, 4) is 17.2 Å². The Morgan fingerprint density at radius 3 is 2.67 bits per heavy atom. The summed E-state index contributed by atoms with van der Waals surface area (Å²) < 4.78 is 23.0. The Morgan fingerprint density at radius 1 is 1.00 bits per heavy atom. The molecule has 0 amide bonds. The van der Waals surface area contributed by atoms with E-state index in [0.29, 0.717) is 28.6 Å². The van der Waals surface area contributed by atoms with Gasteiger partial charge in [-0.25, -0.2) is 4.79 Å². The SMILES string of the molecule is O=C1OCC2=C1C(c1cccc(Br)c1)c1cc3c(cc1O2)OCO3. The van der Waals surface area contributed by atoms with Gasteiger partial charge in [0.2, 0.25) is 6.79 Å². The van der Waals surface area contributed by atoms with Crippen molar-refractivity contribution in [1.29, 1.82) is 0 Å². The van der Waals surface area contributed by atoms with E-state index < -0.39 is 0 Å². The lowest BCUT2D eigenvalue weighted by molar-refractivity contribution is -0.136. The Balaban J connectivity index is 1.75. The van der Waals surface area contributed by atoms with Crippen LogP contribution < -0.4 is 14.2 Å². The molecule has 3 heterocycles. The molecule has 0 N–H and O–H groups in total. The van der Waals surface area contributed by atoms with E-state index in [4.69, 9.17) is 18.9 Å². The predicted molar refractivity (Wildman–Crippen MR) is 87.2 cm³/mol. The van der Waals surface area contributed by atoms with Crippen molar-refractivity contribution in [2.24, 2.45) is 0 Å². The fraction of sp³-hybridized carbons (Fsp3) is 0.167. The van der Waals surface area contributed by atoms with Gasteiger partial charge in [-0.15, -0.1) is 0 Å². The van der Waals surface area contributed by atoms with Crippen LogP contribution in [0.1, 0.15) is 17.0 Å². The van der Waals surface area contributed by atoms with Crippen LogP contribution >= 0.6 is 15.9 Å². The molecule has 2 aromatic rings. The van der Waals surface area contributed by atoms with Gasteiger partial charge in [-0.3, -0.25) is 0 Å². The van der Waals surface area contributed by atoms with Crippen molar-refractivity contribution in [2.75, 3.05) is 13.4 Å². The standard InChI is InChI=1S/C18H11BrO5/c19-10-3-1-2-9(4-10)16-11-5-13-14(23-8-22-13)6-12(11)24-15-7-21-18(20)17(15)16/h1-6,16H,7-8H2. The summed E-state index contributed by atoms with van der Waals surface area (Å²) in [7, 11) is 0. The minimum atomic E-state index is -0.335. The van der Waals surface area contributed by atoms with Gasteiger partial charge in [0.1, 0.15) is 12.4 Å². The smallest absolute Gasteiger partial charge is 0.339 e. The summed E-state index contributed by atoms with van der Waals surface area (Å²) in [6, 6.07) is 11.6. The van der Waals surface area contributed by atoms with Crippen LogP contribution in [0.15, 0.2) is 52.2 Å². The second-order valence-electron chi connectivity index (χ2n) is 5.75. The summed E-state index contributed by atoms with van der Waals surface area (Å²) in [6.45, 7) is 0.349. The number of halogens is 1. The van der Waals surface area contributed by atoms with Gasteiger partial charge in [0, 0.05) is 22.0 Å². The highest BCUT2D eigenvalue weighted by atomic mass is 79.9. The number of cyclic esters (lactones) is 1. The van der Waals surface area contributed by atoms with E-state index in [2.05, 4.69) is 15.9 Å². The average molecular weight is 387 g/mol. The fourth-order valence-corrected chi connectivity index (χ4v) is 3.75. The van der Waals surface area contributed by atoms with Crippen molar-refractivity contribution in [3.05, 3.63) is 63.3 Å². The van der Waals surface area contributed by atoms with Gasteiger partial charge < -0.3 is 18.9 Å². The zero-order valence-electron chi connectivity index (χ0n) is 12.4. The minimum absolute atomic E-state index is 0.159. The van der Waals surface area contributed by atoms with E-state index in [-0.39, 0.29) is 25.3 Å². The number of carbonyl (C=O) groups excluding carboxylic acids is 1. The molecule has 3 aliphatic rings. The van der Waals surface area contributed by atoms with E-state index >= 15 is 0 Å². The van der Waals surface area contributed by atoms with Gasteiger partial charge in [-0.2, -0.15) is 0 Å². The number of hydrogen-bond donors (Lipinski definition) is 0. The van der Waals surface area contributed by atoms with Crippen molar-refractivity contribution in [1.82, 2.24) is 0 Å². The van der Waals surface area contributed by atoms with E-state index in [1.165, 1.54) is 0 Å². The maximum absolute atomic E-state index is 12.3. The molecule has 0 aromatic heterocycles. The van der Waals surface area contributed by atoms with E-state index in [9.17, 15) is 4.79 Å². The molecule has 5 rings (SSSR count). The molecule has 0 saturated heterocycles. The Morgan fingerprint density at radius 2 is 1.83 bits per heavy atom. The van der Waals surface area contributed by atoms with Crippen LogP contribution in [0.5, 0.6) is 17.2 Å². The maximum atomic E-state index is 12.3. The topological polar surface area (TPSA) is 54.0 Å². The zero-order chi connectivity index (χ0) is 16.3. The molecule has 120 valence electrons. The van der Waals surface area contributed by atoms with E-state index in [0.717, 1.165) is 15.6 Å². The minimum Gasteiger partial charge on any atom is -0.457 e. The molecule has 5 nitrogen and oxygen atoms in total. The first-order valence-corrected chi connectivity index (χ1v) is 8.27. The Labute approximate surface area is 145 Å². The van der Waals surface area contributed by atoms with Crippen molar-refractivity contribution in [3.63, 3.8) is 0 Å². The molecular formula is C18H11BrO5. The van der Waals surface area contributed by atoms with Gasteiger partial charge in [-0.05, 0) is 23.8 Å². The van der Waals surface area contributed by atoms with Crippen LogP contribution in [0.2, 0.25) is 0 Å². The fourth-order valence-electron chi connectivity index (χ4n) is 3.34. The normalized spacial score (nSPS) is 20.4. The third-order valence-electron chi connectivity index (χ3n) is 4.37. The number of benzene rings is 2. The van der Waals surface area contributed by atoms with Crippen molar-refractivity contribution in [2.45, 2.75) is 5.92 Å². The van der Waals surface area contributed by atoms with Crippen molar-refractivity contribution >= 4 is 21.9 Å². The lowest BCUT2D eigenvalue weighted by atomic mass is 9.82. The second kappa shape index (κ2) is 5.01. The Bertz CT molecular complexity index is 918. The third-order valence-corrected chi connectivity index (χ3v) is 4.87. The summed E-state index contributed by atoms with van der Waals surface area (Å²) in [5, 5.41) is 0. The summed E-state index contributed by atoms with van der Waals surface area (Å²) in [5.74, 6) is 1.95. The number of hydrogen-bond acceptors (Lipinski definition) is 5. The van der Waals surface area contributed by atoms with Gasteiger partial charge in [0.15, 0.2) is 17.3 Å². The van der Waals surface area contributed by atoms with Crippen LogP contribution in [0.3, 0.4) is 0 Å². The molecule has 6 heteroatoms. The van der Waals surface area contributed by atoms with Gasteiger partial charge in [0.05, 0.1) is 5.57 Å². The second-order valence-corrected chi connectivity index (χ2v) is 6.66. The molecule has 24 heavy (non-hydrogen) atoms. The summed E-state index contributed by atoms with van der Waals surface area (Å²) in [4.78, 5) is 12.3. The first-order chi connectivity index (χ1) is 11.7. The molecule has 1 unspecified atom stereocenters. The number of fused-ring (bicyclic) bond motifs is 2. The Hall–Kier alpha value is -2.47. The van der Waals surface area contributed by atoms with Crippen LogP contribution in [0.25, 0.3) is 0 Å².